The van der Waals surface area contributed by atoms with Crippen LogP contribution in [0.15, 0.2) is 79.0 Å². The summed E-state index contributed by atoms with van der Waals surface area (Å²) in [5, 5.41) is 0. The fourth-order valence-corrected chi connectivity index (χ4v) is 1.58. The molecule has 2 rings (SSSR count). The normalized spacial score (nSPS) is 11.8. The van der Waals surface area contributed by atoms with E-state index in [0.717, 1.165) is 5.69 Å². The van der Waals surface area contributed by atoms with E-state index in [1.54, 1.807) is 12.2 Å². The van der Waals surface area contributed by atoms with Gasteiger partial charge >= 0.3 is 0 Å². The molecule has 0 aliphatic rings. The van der Waals surface area contributed by atoms with Crippen molar-refractivity contribution in [3.8, 4) is 0 Å². The largest absolute Gasteiger partial charge is 0.362 e. The number of hydrogen-bond donors (Lipinski definition) is 1. The molecule has 0 atom stereocenters. The van der Waals surface area contributed by atoms with E-state index in [1.165, 1.54) is 0 Å². The van der Waals surface area contributed by atoms with Crippen LogP contribution in [0.1, 0.15) is 16.1 Å². The van der Waals surface area contributed by atoms with Crippen LogP contribution in [-0.4, -0.2) is 10.8 Å². The van der Waals surface area contributed by atoms with Crippen molar-refractivity contribution in [1.29, 1.82) is 0 Å². The van der Waals surface area contributed by atoms with Crippen molar-refractivity contribution in [2.75, 3.05) is 0 Å². The van der Waals surface area contributed by atoms with Crippen molar-refractivity contribution in [3.63, 3.8) is 0 Å². The fraction of sp³-hybridized carbons (Fsp3) is 0. The lowest BCUT2D eigenvalue weighted by Gasteiger charge is -1.92. The Morgan fingerprint density at radius 1 is 0.895 bits per heavy atom. The Balaban J connectivity index is 1.85. The Bertz CT molecular complexity index is 589. The highest BCUT2D eigenvalue weighted by molar-refractivity contribution is 6.04. The van der Waals surface area contributed by atoms with E-state index >= 15 is 0 Å². The molecule has 2 heteroatoms. The Hall–Kier alpha value is -2.61. The smallest absolute Gasteiger partial charge is 0.185 e. The van der Waals surface area contributed by atoms with Gasteiger partial charge in [-0.2, -0.15) is 0 Å². The van der Waals surface area contributed by atoms with Gasteiger partial charge in [0.05, 0.1) is 0 Å². The number of benzene rings is 1. The van der Waals surface area contributed by atoms with Crippen LogP contribution in [0.2, 0.25) is 0 Å². The zero-order valence-corrected chi connectivity index (χ0v) is 10.5. The summed E-state index contributed by atoms with van der Waals surface area (Å²) in [6, 6.07) is 13.2. The van der Waals surface area contributed by atoms with Crippen molar-refractivity contribution in [2.24, 2.45) is 0 Å². The molecular weight excluding hydrogens is 234 g/mol. The molecule has 0 aliphatic carbocycles. The van der Waals surface area contributed by atoms with Crippen LogP contribution in [0.25, 0.3) is 6.08 Å². The third-order valence-electron chi connectivity index (χ3n) is 2.54. The highest BCUT2D eigenvalue weighted by atomic mass is 16.1. The molecule has 19 heavy (non-hydrogen) atoms. The highest BCUT2D eigenvalue weighted by Crippen LogP contribution is 2.01. The number of nitrogens with one attached hydrogen (secondary N) is 1. The Labute approximate surface area is 112 Å². The molecule has 94 valence electrons. The minimum Gasteiger partial charge on any atom is -0.362 e. The molecule has 1 aromatic carbocycles. The van der Waals surface area contributed by atoms with E-state index in [2.05, 4.69) is 4.98 Å². The number of allylic oxidation sites excluding steroid dienone is 5. The molecule has 0 unspecified atom stereocenters. The molecule has 0 amide bonds. The van der Waals surface area contributed by atoms with E-state index in [4.69, 9.17) is 0 Å². The molecule has 0 radical (unpaired) electrons. The number of rotatable bonds is 5. The predicted molar refractivity (Wildman–Crippen MR) is 78.9 cm³/mol. The molecule has 0 bridgehead atoms. The number of carbonyl (C=O) groups is 1. The highest BCUT2D eigenvalue weighted by Gasteiger charge is 1.97. The minimum atomic E-state index is 0.0126. The van der Waals surface area contributed by atoms with E-state index in [1.807, 2.05) is 73.0 Å². The van der Waals surface area contributed by atoms with Crippen LogP contribution in [-0.2, 0) is 0 Å². The number of carbonyl (C=O) groups excluding carboxylic acids is 1. The first kappa shape index (κ1) is 12.8. The molecular formula is C17H15NO. The van der Waals surface area contributed by atoms with Gasteiger partial charge in [0.25, 0.3) is 0 Å². The maximum absolute atomic E-state index is 11.7. The van der Waals surface area contributed by atoms with Crippen LogP contribution in [0, 0.1) is 0 Å². The second kappa shape index (κ2) is 6.97. The lowest BCUT2D eigenvalue weighted by Crippen LogP contribution is -1.92. The molecule has 0 saturated heterocycles. The number of aromatic nitrogens is 1. The van der Waals surface area contributed by atoms with Crippen LogP contribution < -0.4 is 0 Å². The fourth-order valence-electron chi connectivity index (χ4n) is 1.58. The Morgan fingerprint density at radius 3 is 2.42 bits per heavy atom. The number of ketones is 1. The van der Waals surface area contributed by atoms with E-state index in [0.29, 0.717) is 5.56 Å². The van der Waals surface area contributed by atoms with Gasteiger partial charge in [-0.1, -0.05) is 54.6 Å². The lowest BCUT2D eigenvalue weighted by molar-refractivity contribution is 0.104. The van der Waals surface area contributed by atoms with Crippen molar-refractivity contribution < 1.29 is 4.79 Å². The van der Waals surface area contributed by atoms with Gasteiger partial charge in [0.2, 0.25) is 0 Å². The summed E-state index contributed by atoms with van der Waals surface area (Å²) < 4.78 is 0. The van der Waals surface area contributed by atoms with Gasteiger partial charge in [-0.3, -0.25) is 4.79 Å². The lowest BCUT2D eigenvalue weighted by atomic mass is 10.1. The quantitative estimate of drug-likeness (QED) is 0.484. The average Bonchev–Trinajstić information content (AvgIpc) is 2.96. The third kappa shape index (κ3) is 4.28. The van der Waals surface area contributed by atoms with Crippen molar-refractivity contribution >= 4 is 11.9 Å². The number of H-pyrrole nitrogens is 1. The van der Waals surface area contributed by atoms with E-state index in [9.17, 15) is 4.79 Å². The first-order chi connectivity index (χ1) is 9.36. The van der Waals surface area contributed by atoms with E-state index in [-0.39, 0.29) is 5.78 Å². The number of hydrogen-bond acceptors (Lipinski definition) is 1. The molecule has 2 nitrogen and oxygen atoms in total. The van der Waals surface area contributed by atoms with Gasteiger partial charge < -0.3 is 4.98 Å². The summed E-state index contributed by atoms with van der Waals surface area (Å²) >= 11 is 0. The summed E-state index contributed by atoms with van der Waals surface area (Å²) in [5.74, 6) is 0.0126. The molecule has 0 fully saturated rings. The maximum Gasteiger partial charge on any atom is 0.185 e. The monoisotopic (exact) mass is 249 g/mol. The summed E-state index contributed by atoms with van der Waals surface area (Å²) in [6.45, 7) is 0. The zero-order chi connectivity index (χ0) is 13.3. The third-order valence-corrected chi connectivity index (χ3v) is 2.54. The first-order valence-electron chi connectivity index (χ1n) is 6.10. The van der Waals surface area contributed by atoms with Crippen molar-refractivity contribution in [1.82, 2.24) is 4.98 Å². The van der Waals surface area contributed by atoms with Gasteiger partial charge in [-0.25, -0.2) is 0 Å². The van der Waals surface area contributed by atoms with Gasteiger partial charge in [-0.05, 0) is 24.3 Å². The zero-order valence-electron chi connectivity index (χ0n) is 10.5. The maximum atomic E-state index is 11.7. The van der Waals surface area contributed by atoms with Crippen LogP contribution >= 0.6 is 0 Å². The minimum absolute atomic E-state index is 0.0126. The number of aromatic amines is 1. The molecule has 1 heterocycles. The summed E-state index contributed by atoms with van der Waals surface area (Å²) in [4.78, 5) is 14.8. The molecule has 0 saturated carbocycles. The first-order valence-corrected chi connectivity index (χ1v) is 6.10. The second-order valence-electron chi connectivity index (χ2n) is 3.96. The summed E-state index contributed by atoms with van der Waals surface area (Å²) in [7, 11) is 0. The standard InChI is InChI=1S/C17H15NO/c19-17(15-9-4-3-5-10-15)13-7-2-1-6-11-16-12-8-14-18-16/h1-14,18H/b2-1+,11-6+,13-7+. The van der Waals surface area contributed by atoms with E-state index < -0.39 is 0 Å². The predicted octanol–water partition coefficient (Wildman–Crippen LogP) is 4.02. The summed E-state index contributed by atoms with van der Waals surface area (Å²) in [6.07, 6.45) is 12.8. The van der Waals surface area contributed by atoms with Gasteiger partial charge in [-0.15, -0.1) is 0 Å². The SMILES string of the molecule is O=C(/C=C/C=C/C=C/c1ccc[nH]1)c1ccccc1. The van der Waals surface area contributed by atoms with Gasteiger partial charge in [0.15, 0.2) is 5.78 Å². The average molecular weight is 249 g/mol. The molecule has 0 spiro atoms. The van der Waals surface area contributed by atoms with Crippen LogP contribution in [0.4, 0.5) is 0 Å². The van der Waals surface area contributed by atoms with Crippen molar-refractivity contribution in [3.05, 3.63) is 90.3 Å². The molecule has 1 aromatic heterocycles. The molecule has 2 aromatic rings. The van der Waals surface area contributed by atoms with Crippen molar-refractivity contribution in [2.45, 2.75) is 0 Å². The summed E-state index contributed by atoms with van der Waals surface area (Å²) in [5.41, 5.74) is 1.75. The Kier molecular flexibility index (Phi) is 4.71. The Morgan fingerprint density at radius 2 is 1.68 bits per heavy atom. The molecule has 0 aliphatic heterocycles. The van der Waals surface area contributed by atoms with Gasteiger partial charge in [0, 0.05) is 17.5 Å². The van der Waals surface area contributed by atoms with Crippen LogP contribution in [0.5, 0.6) is 0 Å². The topological polar surface area (TPSA) is 32.9 Å². The second-order valence-corrected chi connectivity index (χ2v) is 3.96. The van der Waals surface area contributed by atoms with Gasteiger partial charge in [0.1, 0.15) is 0 Å². The molecule has 1 N–H and O–H groups in total. The van der Waals surface area contributed by atoms with Crippen LogP contribution in [0.3, 0.4) is 0 Å².